The van der Waals surface area contributed by atoms with Crippen LogP contribution in [0.2, 0.25) is 0 Å². The predicted octanol–water partition coefficient (Wildman–Crippen LogP) is 3.96. The number of aromatic nitrogens is 1. The number of rotatable bonds is 5. The second-order valence-corrected chi connectivity index (χ2v) is 8.63. The summed E-state index contributed by atoms with van der Waals surface area (Å²) in [6.45, 7) is 7.91. The maximum atomic E-state index is 5.29. The smallest absolute Gasteiger partial charge is 0.119 e. The van der Waals surface area contributed by atoms with E-state index in [0.29, 0.717) is 6.04 Å². The quantitative estimate of drug-likeness (QED) is 0.698. The lowest BCUT2D eigenvalue weighted by Gasteiger charge is -2.44. The van der Waals surface area contributed by atoms with Crippen molar-refractivity contribution in [3.63, 3.8) is 0 Å². The lowest BCUT2D eigenvalue weighted by molar-refractivity contribution is 0.0882. The van der Waals surface area contributed by atoms with E-state index >= 15 is 0 Å². The molecule has 5 nitrogen and oxygen atoms in total. The Hall–Kier alpha value is -2.50. The fourth-order valence-corrected chi connectivity index (χ4v) is 5.07. The van der Waals surface area contributed by atoms with Gasteiger partial charge in [-0.2, -0.15) is 0 Å². The average molecular weight is 405 g/mol. The summed E-state index contributed by atoms with van der Waals surface area (Å²) in [6.07, 6.45) is 2.62. The van der Waals surface area contributed by atoms with Crippen LogP contribution in [-0.2, 0) is 6.54 Å². The lowest BCUT2D eigenvalue weighted by atomic mass is 10.0. The molecule has 158 valence electrons. The van der Waals surface area contributed by atoms with Crippen LogP contribution < -0.4 is 9.64 Å². The van der Waals surface area contributed by atoms with Crippen molar-refractivity contribution in [3.05, 3.63) is 60.3 Å². The number of piperazine rings is 1. The van der Waals surface area contributed by atoms with Crippen molar-refractivity contribution >= 4 is 16.6 Å². The Balaban J connectivity index is 1.16. The van der Waals surface area contributed by atoms with Crippen molar-refractivity contribution in [3.8, 4) is 5.75 Å². The molecule has 0 spiro atoms. The van der Waals surface area contributed by atoms with E-state index in [1.54, 1.807) is 7.11 Å². The zero-order valence-corrected chi connectivity index (χ0v) is 17.9. The SMILES string of the molecule is COc1ccc(N2CCN(C3CCCN(Cc4cc5ccccc5[nH]4)C3)CC2)cc1. The summed E-state index contributed by atoms with van der Waals surface area (Å²) in [4.78, 5) is 11.5. The van der Waals surface area contributed by atoms with Gasteiger partial charge < -0.3 is 14.6 Å². The maximum Gasteiger partial charge on any atom is 0.119 e. The molecular formula is C25H32N4O. The molecule has 0 aliphatic carbocycles. The Morgan fingerprint density at radius 1 is 0.967 bits per heavy atom. The maximum absolute atomic E-state index is 5.29. The van der Waals surface area contributed by atoms with Crippen LogP contribution in [-0.4, -0.2) is 67.2 Å². The summed E-state index contributed by atoms with van der Waals surface area (Å²) in [5, 5.41) is 1.32. The first-order valence-corrected chi connectivity index (χ1v) is 11.2. The van der Waals surface area contributed by atoms with Gasteiger partial charge in [-0.05, 0) is 61.2 Å². The third kappa shape index (κ3) is 4.18. The van der Waals surface area contributed by atoms with E-state index in [1.807, 2.05) is 0 Å². The normalized spacial score (nSPS) is 21.2. The van der Waals surface area contributed by atoms with Gasteiger partial charge in [0.2, 0.25) is 0 Å². The van der Waals surface area contributed by atoms with Crippen LogP contribution in [0.4, 0.5) is 5.69 Å². The van der Waals surface area contributed by atoms with Gasteiger partial charge in [0.05, 0.1) is 7.11 Å². The molecule has 1 aromatic heterocycles. The van der Waals surface area contributed by atoms with E-state index in [4.69, 9.17) is 4.74 Å². The molecule has 0 bridgehead atoms. The Morgan fingerprint density at radius 2 is 1.77 bits per heavy atom. The summed E-state index contributed by atoms with van der Waals surface area (Å²) in [5.41, 5.74) is 3.89. The largest absolute Gasteiger partial charge is 0.497 e. The van der Waals surface area contributed by atoms with Crippen LogP contribution in [0.15, 0.2) is 54.6 Å². The zero-order valence-electron chi connectivity index (χ0n) is 17.9. The number of benzene rings is 2. The topological polar surface area (TPSA) is 34.7 Å². The first-order valence-electron chi connectivity index (χ1n) is 11.2. The number of likely N-dealkylation sites (tertiary alicyclic amines) is 1. The highest BCUT2D eigenvalue weighted by Crippen LogP contribution is 2.24. The molecule has 0 saturated carbocycles. The number of piperidine rings is 1. The van der Waals surface area contributed by atoms with Crippen LogP contribution in [0.5, 0.6) is 5.75 Å². The Labute approximate surface area is 179 Å². The molecule has 2 fully saturated rings. The first kappa shape index (κ1) is 19.5. The van der Waals surface area contributed by atoms with Crippen molar-refractivity contribution in [2.75, 3.05) is 51.3 Å². The molecule has 1 atom stereocenters. The number of hydrogen-bond acceptors (Lipinski definition) is 4. The minimum absolute atomic E-state index is 0.682. The van der Waals surface area contributed by atoms with Gasteiger partial charge in [0, 0.05) is 62.2 Å². The molecule has 2 aliphatic rings. The van der Waals surface area contributed by atoms with Gasteiger partial charge in [-0.1, -0.05) is 18.2 Å². The number of nitrogens with one attached hydrogen (secondary N) is 1. The molecule has 0 amide bonds. The second kappa shape index (κ2) is 8.70. The molecule has 5 heteroatoms. The van der Waals surface area contributed by atoms with E-state index in [0.717, 1.165) is 38.5 Å². The number of aromatic amines is 1. The molecule has 5 rings (SSSR count). The Kier molecular flexibility index (Phi) is 5.65. The third-order valence-corrected chi connectivity index (χ3v) is 6.73. The first-order chi connectivity index (χ1) is 14.8. The van der Waals surface area contributed by atoms with Crippen molar-refractivity contribution in [1.82, 2.24) is 14.8 Å². The number of hydrogen-bond donors (Lipinski definition) is 1. The zero-order chi connectivity index (χ0) is 20.3. The minimum atomic E-state index is 0.682. The highest BCUT2D eigenvalue weighted by Gasteiger charge is 2.28. The van der Waals surface area contributed by atoms with E-state index in [2.05, 4.69) is 74.3 Å². The highest BCUT2D eigenvalue weighted by atomic mass is 16.5. The summed E-state index contributed by atoms with van der Waals surface area (Å²) >= 11 is 0. The molecule has 2 aromatic carbocycles. The summed E-state index contributed by atoms with van der Waals surface area (Å²) in [6, 6.07) is 20.0. The van der Waals surface area contributed by atoms with Gasteiger partial charge >= 0.3 is 0 Å². The summed E-state index contributed by atoms with van der Waals surface area (Å²) < 4.78 is 5.29. The molecule has 1 unspecified atom stereocenters. The van der Waals surface area contributed by atoms with Gasteiger partial charge in [0.25, 0.3) is 0 Å². The monoisotopic (exact) mass is 404 g/mol. The second-order valence-electron chi connectivity index (χ2n) is 8.63. The fraction of sp³-hybridized carbons (Fsp3) is 0.440. The van der Waals surface area contributed by atoms with Gasteiger partial charge in [-0.15, -0.1) is 0 Å². The Morgan fingerprint density at radius 3 is 2.53 bits per heavy atom. The third-order valence-electron chi connectivity index (χ3n) is 6.73. The molecule has 3 heterocycles. The predicted molar refractivity (Wildman–Crippen MR) is 123 cm³/mol. The van der Waals surface area contributed by atoms with Crippen molar-refractivity contribution in [2.24, 2.45) is 0 Å². The number of methoxy groups -OCH3 is 1. The van der Waals surface area contributed by atoms with Crippen LogP contribution in [0.25, 0.3) is 10.9 Å². The lowest BCUT2D eigenvalue weighted by Crippen LogP contribution is -2.55. The molecule has 2 aliphatic heterocycles. The van der Waals surface area contributed by atoms with Crippen LogP contribution in [0.1, 0.15) is 18.5 Å². The molecular weight excluding hydrogens is 372 g/mol. The van der Waals surface area contributed by atoms with E-state index in [-0.39, 0.29) is 0 Å². The minimum Gasteiger partial charge on any atom is -0.497 e. The number of ether oxygens (including phenoxy) is 1. The summed E-state index contributed by atoms with van der Waals surface area (Å²) in [7, 11) is 1.72. The molecule has 3 aromatic rings. The number of anilines is 1. The molecule has 2 saturated heterocycles. The average Bonchev–Trinajstić information content (AvgIpc) is 3.22. The van der Waals surface area contributed by atoms with Gasteiger partial charge in [0.15, 0.2) is 0 Å². The molecule has 0 radical (unpaired) electrons. The standard InChI is InChI=1S/C25H32N4O/c1-30-24-10-8-22(9-11-24)28-13-15-29(16-14-28)23-6-4-12-27(19-23)18-21-17-20-5-2-3-7-25(20)26-21/h2-3,5,7-11,17,23,26H,4,6,12-16,18-19H2,1H3. The summed E-state index contributed by atoms with van der Waals surface area (Å²) in [5.74, 6) is 0.926. The number of para-hydroxylation sites is 1. The Bertz CT molecular complexity index is 926. The highest BCUT2D eigenvalue weighted by molar-refractivity contribution is 5.80. The van der Waals surface area contributed by atoms with Crippen molar-refractivity contribution < 1.29 is 4.74 Å². The van der Waals surface area contributed by atoms with E-state index < -0.39 is 0 Å². The molecule has 30 heavy (non-hydrogen) atoms. The van der Waals surface area contributed by atoms with Crippen molar-refractivity contribution in [2.45, 2.75) is 25.4 Å². The number of fused-ring (bicyclic) bond motifs is 1. The van der Waals surface area contributed by atoms with Gasteiger partial charge in [0.1, 0.15) is 5.75 Å². The number of H-pyrrole nitrogens is 1. The van der Waals surface area contributed by atoms with E-state index in [9.17, 15) is 0 Å². The fourth-order valence-electron chi connectivity index (χ4n) is 5.07. The van der Waals surface area contributed by atoms with Gasteiger partial charge in [-0.25, -0.2) is 0 Å². The van der Waals surface area contributed by atoms with Crippen molar-refractivity contribution in [1.29, 1.82) is 0 Å². The molecule has 1 N–H and O–H groups in total. The van der Waals surface area contributed by atoms with Crippen LogP contribution in [0, 0.1) is 0 Å². The number of nitrogens with zero attached hydrogens (tertiary/aromatic N) is 3. The van der Waals surface area contributed by atoms with Crippen LogP contribution >= 0.6 is 0 Å². The van der Waals surface area contributed by atoms with E-state index in [1.165, 1.54) is 48.2 Å². The van der Waals surface area contributed by atoms with Crippen LogP contribution in [0.3, 0.4) is 0 Å². The van der Waals surface area contributed by atoms with Gasteiger partial charge in [-0.3, -0.25) is 9.80 Å².